The summed E-state index contributed by atoms with van der Waals surface area (Å²) >= 11 is 5.88. The van der Waals surface area contributed by atoms with E-state index in [0.717, 1.165) is 57.2 Å². The topological polar surface area (TPSA) is 83.2 Å². The lowest BCUT2D eigenvalue weighted by Crippen LogP contribution is -2.43. The molecule has 3 N–H and O–H groups in total. The molecule has 0 saturated carbocycles. The first-order valence-electron chi connectivity index (χ1n) is 9.81. The van der Waals surface area contributed by atoms with Gasteiger partial charge in [-0.1, -0.05) is 11.6 Å². The highest BCUT2D eigenvalue weighted by molar-refractivity contribution is 14.0. The maximum absolute atomic E-state index is 11.4. The molecule has 0 bridgehead atoms. The van der Waals surface area contributed by atoms with Gasteiger partial charge in [0, 0.05) is 32.2 Å². The summed E-state index contributed by atoms with van der Waals surface area (Å²) in [4.78, 5) is 20.1. The molecule has 0 radical (unpaired) electrons. The summed E-state index contributed by atoms with van der Waals surface area (Å²) in [5.41, 5.74) is 5.44. The Morgan fingerprint density at radius 1 is 1.41 bits per heavy atom. The second-order valence-corrected chi connectivity index (χ2v) is 7.53. The van der Waals surface area contributed by atoms with Crippen molar-refractivity contribution in [1.82, 2.24) is 15.1 Å². The number of ether oxygens (including phenoxy) is 1. The number of nitrogens with two attached hydrogens (primary N) is 1. The highest BCUT2D eigenvalue weighted by Crippen LogP contribution is 2.16. The quantitative estimate of drug-likeness (QED) is 0.219. The second kappa shape index (κ2) is 13.9. The number of primary amides is 1. The molecule has 1 saturated heterocycles. The fourth-order valence-corrected chi connectivity index (χ4v) is 3.44. The maximum Gasteiger partial charge on any atom is 0.221 e. The molecular formula is C20H33ClIN5O2. The summed E-state index contributed by atoms with van der Waals surface area (Å²) in [6, 6.07) is 7.35. The summed E-state index contributed by atoms with van der Waals surface area (Å²) in [7, 11) is 3.77. The van der Waals surface area contributed by atoms with Crippen molar-refractivity contribution in [3.05, 3.63) is 29.3 Å². The maximum atomic E-state index is 11.4. The van der Waals surface area contributed by atoms with Gasteiger partial charge in [-0.2, -0.15) is 0 Å². The van der Waals surface area contributed by atoms with Crippen LogP contribution in [-0.2, 0) is 4.79 Å². The molecule has 1 aromatic rings. The van der Waals surface area contributed by atoms with Gasteiger partial charge in [0.25, 0.3) is 0 Å². The number of amides is 1. The van der Waals surface area contributed by atoms with E-state index in [1.807, 2.05) is 36.2 Å². The Balaban J connectivity index is 0.00000420. The fourth-order valence-electron chi connectivity index (χ4n) is 3.32. The molecule has 1 unspecified atom stereocenters. The van der Waals surface area contributed by atoms with E-state index in [1.54, 1.807) is 7.05 Å². The van der Waals surface area contributed by atoms with Crippen molar-refractivity contribution < 1.29 is 9.53 Å². The van der Waals surface area contributed by atoms with E-state index in [4.69, 9.17) is 22.1 Å². The van der Waals surface area contributed by atoms with Gasteiger partial charge < -0.3 is 25.6 Å². The van der Waals surface area contributed by atoms with Crippen LogP contribution >= 0.6 is 35.6 Å². The summed E-state index contributed by atoms with van der Waals surface area (Å²) in [6.45, 7) is 4.88. The molecule has 0 spiro atoms. The number of likely N-dealkylation sites (tertiary alicyclic amines) is 1. The SMILES string of the molecule is CN=C(NCCCN1CCCC(C(N)=O)C1)N(C)CCOc1ccc(Cl)cc1.I. The summed E-state index contributed by atoms with van der Waals surface area (Å²) in [5.74, 6) is 1.47. The van der Waals surface area contributed by atoms with Crippen LogP contribution < -0.4 is 15.8 Å². The summed E-state index contributed by atoms with van der Waals surface area (Å²) in [6.07, 6.45) is 2.94. The van der Waals surface area contributed by atoms with Crippen molar-refractivity contribution >= 4 is 47.4 Å². The van der Waals surface area contributed by atoms with Gasteiger partial charge in [-0.05, 0) is 56.6 Å². The van der Waals surface area contributed by atoms with Gasteiger partial charge in [-0.25, -0.2) is 0 Å². The number of carbonyl (C=O) groups excluding carboxylic acids is 1. The van der Waals surface area contributed by atoms with Gasteiger partial charge >= 0.3 is 0 Å². The van der Waals surface area contributed by atoms with Crippen LogP contribution in [0.15, 0.2) is 29.3 Å². The van der Waals surface area contributed by atoms with E-state index in [2.05, 4.69) is 15.2 Å². The van der Waals surface area contributed by atoms with E-state index in [1.165, 1.54) is 0 Å². The number of piperidine rings is 1. The normalized spacial score (nSPS) is 17.3. The second-order valence-electron chi connectivity index (χ2n) is 7.09. The van der Waals surface area contributed by atoms with Crippen molar-refractivity contribution in [1.29, 1.82) is 0 Å². The van der Waals surface area contributed by atoms with Crippen LogP contribution in [0, 0.1) is 5.92 Å². The van der Waals surface area contributed by atoms with Gasteiger partial charge in [-0.15, -0.1) is 24.0 Å². The van der Waals surface area contributed by atoms with Crippen molar-refractivity contribution in [3.63, 3.8) is 0 Å². The third kappa shape index (κ3) is 9.39. The Morgan fingerprint density at radius 3 is 2.79 bits per heavy atom. The van der Waals surface area contributed by atoms with Gasteiger partial charge in [0.1, 0.15) is 12.4 Å². The molecule has 7 nitrogen and oxygen atoms in total. The first-order chi connectivity index (χ1) is 13.5. The van der Waals surface area contributed by atoms with E-state index in [9.17, 15) is 4.79 Å². The third-order valence-corrected chi connectivity index (χ3v) is 5.18. The number of benzene rings is 1. The molecule has 1 aliphatic heterocycles. The zero-order valence-electron chi connectivity index (χ0n) is 17.3. The molecule has 0 aliphatic carbocycles. The highest BCUT2D eigenvalue weighted by Gasteiger charge is 2.23. The van der Waals surface area contributed by atoms with Crippen LogP contribution in [0.2, 0.25) is 5.02 Å². The number of nitrogens with one attached hydrogen (secondary N) is 1. The van der Waals surface area contributed by atoms with Crippen LogP contribution in [0.1, 0.15) is 19.3 Å². The van der Waals surface area contributed by atoms with Crippen LogP contribution in [-0.4, -0.2) is 75.1 Å². The van der Waals surface area contributed by atoms with Gasteiger partial charge in [-0.3, -0.25) is 9.79 Å². The molecule has 2 rings (SSSR count). The lowest BCUT2D eigenvalue weighted by molar-refractivity contribution is -0.123. The van der Waals surface area contributed by atoms with Gasteiger partial charge in [0.15, 0.2) is 5.96 Å². The first kappa shape index (κ1) is 25.8. The monoisotopic (exact) mass is 537 g/mol. The third-order valence-electron chi connectivity index (χ3n) is 4.92. The van der Waals surface area contributed by atoms with E-state index in [-0.39, 0.29) is 35.8 Å². The molecule has 9 heteroatoms. The number of guanidine groups is 1. The predicted octanol–water partition coefficient (Wildman–Crippen LogP) is 2.43. The van der Waals surface area contributed by atoms with Gasteiger partial charge in [0.2, 0.25) is 5.91 Å². The zero-order valence-corrected chi connectivity index (χ0v) is 20.4. The van der Waals surface area contributed by atoms with Gasteiger partial charge in [0.05, 0.1) is 12.5 Å². The largest absolute Gasteiger partial charge is 0.492 e. The van der Waals surface area contributed by atoms with Crippen molar-refractivity contribution in [2.45, 2.75) is 19.3 Å². The number of hydrogen-bond acceptors (Lipinski definition) is 4. The Morgan fingerprint density at radius 2 is 2.14 bits per heavy atom. The fraction of sp³-hybridized carbons (Fsp3) is 0.600. The molecule has 1 amide bonds. The zero-order chi connectivity index (χ0) is 20.4. The molecule has 0 aromatic heterocycles. The standard InChI is InChI=1S/C20H32ClN5O2.HI/c1-23-20(25(2)13-14-28-18-8-6-17(21)7-9-18)24-10-4-12-26-11-3-5-16(15-26)19(22)27;/h6-9,16H,3-5,10-15H2,1-2H3,(H2,22,27)(H,23,24);1H. The molecule has 1 heterocycles. The molecule has 164 valence electrons. The minimum Gasteiger partial charge on any atom is -0.492 e. The number of hydrogen-bond donors (Lipinski definition) is 2. The number of rotatable bonds is 9. The smallest absolute Gasteiger partial charge is 0.221 e. The average Bonchev–Trinajstić information content (AvgIpc) is 2.69. The van der Waals surface area contributed by atoms with Crippen LogP contribution in [0.25, 0.3) is 0 Å². The number of nitrogens with zero attached hydrogens (tertiary/aromatic N) is 3. The van der Waals surface area contributed by atoms with Crippen molar-refractivity contribution in [3.8, 4) is 5.75 Å². The Kier molecular flexibility index (Phi) is 12.3. The number of aliphatic imine (C=N–C) groups is 1. The number of likely N-dealkylation sites (N-methyl/N-ethyl adjacent to an activating group) is 1. The first-order valence-corrected chi connectivity index (χ1v) is 10.2. The number of carbonyl (C=O) groups is 1. The average molecular weight is 538 g/mol. The molecule has 1 aliphatic rings. The Labute approximate surface area is 196 Å². The minimum atomic E-state index is -0.175. The lowest BCUT2D eigenvalue weighted by atomic mass is 9.97. The van der Waals surface area contributed by atoms with Crippen molar-refractivity contribution in [2.75, 3.05) is 53.4 Å². The molecule has 1 aromatic carbocycles. The molecule has 29 heavy (non-hydrogen) atoms. The minimum absolute atomic E-state index is 0. The van der Waals surface area contributed by atoms with E-state index >= 15 is 0 Å². The van der Waals surface area contributed by atoms with E-state index < -0.39 is 0 Å². The number of halogens is 2. The van der Waals surface area contributed by atoms with E-state index in [0.29, 0.717) is 18.2 Å². The molecular weight excluding hydrogens is 505 g/mol. The van der Waals surface area contributed by atoms with Crippen molar-refractivity contribution in [2.24, 2.45) is 16.6 Å². The Bertz CT molecular complexity index is 644. The molecule has 1 atom stereocenters. The summed E-state index contributed by atoms with van der Waals surface area (Å²) in [5, 5.41) is 4.08. The highest BCUT2D eigenvalue weighted by atomic mass is 127. The summed E-state index contributed by atoms with van der Waals surface area (Å²) < 4.78 is 5.73. The molecule has 1 fully saturated rings. The van der Waals surface area contributed by atoms with Crippen LogP contribution in [0.3, 0.4) is 0 Å². The lowest BCUT2D eigenvalue weighted by Gasteiger charge is -2.31. The Hall–Kier alpha value is -1.26. The van der Waals surface area contributed by atoms with Crippen LogP contribution in [0.4, 0.5) is 0 Å². The predicted molar refractivity (Wildman–Crippen MR) is 129 cm³/mol. The van der Waals surface area contributed by atoms with Crippen LogP contribution in [0.5, 0.6) is 5.75 Å².